The lowest BCUT2D eigenvalue weighted by Gasteiger charge is -2.33. The van der Waals surface area contributed by atoms with Crippen molar-refractivity contribution >= 4 is 132 Å². The molecule has 14 nitrogen and oxygen atoms in total. The number of rotatable bonds is 12. The first-order valence-electron chi connectivity index (χ1n) is 26.7. The van der Waals surface area contributed by atoms with E-state index in [1.807, 2.05) is 187 Å². The van der Waals surface area contributed by atoms with Gasteiger partial charge in [-0.25, -0.2) is 0 Å². The SMILES string of the molecule is C=CC[Si](C)(C)O.C=C[Si](C)(C)O.C[SiH](C)O[SiH](C)O[Si](C)(C)C.C[Si](C)(C)O.C[Si](C)(C)O.C[Si](C)(C)O.C[Si](C)(C)O.C[Si](C)(C)O.C[Si](C)(C)O.C[Si](C)(C)O[Si](C)(O)O[Si](C)(C)C.C[Si](C)(O)c1ccccc1. The standard InChI is InChI=1S/C8H12OSi.C7H22O3Si3.C6H20O2Si3.C5H12OSi.C4H10OSi.6C3H10OSi/c1-10(2,9)8-6-4-3-5-7-8;1-11(2,3)9-13(7,8)10-12(4,5)6;1-9(2)7-10(3)8-11(4,5)6;1-4-5-7(2,3)6;1-4-6(2,3)5;6*1-5(2,3)4/h3-7,9H,1-2H3;8H,1-7H3;9-10H,1-6H3;4,6H,1,5H2,2-3H3;4-5H,1H2,2-3H3;6*4H,1-3H3. The van der Waals surface area contributed by atoms with Gasteiger partial charge in [-0.15, -0.1) is 13.2 Å². The van der Waals surface area contributed by atoms with Crippen molar-refractivity contribution in [3.63, 3.8) is 0 Å². The van der Waals surface area contributed by atoms with Gasteiger partial charge in [0.1, 0.15) is 0 Å². The molecule has 0 fully saturated rings. The zero-order valence-electron chi connectivity index (χ0n) is 57.4. The molecule has 472 valence electrons. The third-order valence-electron chi connectivity index (χ3n) is 4.60. The molecule has 1 rings (SSSR count). The Morgan fingerprint density at radius 2 is 0.623 bits per heavy atom. The van der Waals surface area contributed by atoms with Crippen molar-refractivity contribution in [3.8, 4) is 0 Å². The summed E-state index contributed by atoms with van der Waals surface area (Å²) in [7, 11) is -25.0. The maximum absolute atomic E-state index is 9.95. The van der Waals surface area contributed by atoms with Gasteiger partial charge in [-0.1, -0.05) is 42.1 Å². The molecular weight excluding hydrogens is 1220 g/mol. The second kappa shape index (κ2) is 44.8. The average Bonchev–Trinajstić information content (AvgIpc) is 2.96. The molecule has 1 aromatic rings. The van der Waals surface area contributed by atoms with Crippen LogP contribution in [0.3, 0.4) is 0 Å². The van der Waals surface area contributed by atoms with Crippen molar-refractivity contribution in [3.05, 3.63) is 55.3 Å². The summed E-state index contributed by atoms with van der Waals surface area (Å²) in [5, 5.41) is 1.09. The summed E-state index contributed by atoms with van der Waals surface area (Å²) < 4.78 is 22.8. The van der Waals surface area contributed by atoms with E-state index in [1.165, 1.54) is 0 Å². The highest BCUT2D eigenvalue weighted by Crippen LogP contribution is 2.17. The predicted octanol–water partition coefficient (Wildman–Crippen LogP) is 12.2. The Bertz CT molecular complexity index is 1360. The van der Waals surface area contributed by atoms with Crippen molar-refractivity contribution in [2.75, 3.05) is 0 Å². The van der Waals surface area contributed by atoms with Crippen LogP contribution in [0.15, 0.2) is 55.3 Å². The highest BCUT2D eigenvalue weighted by atomic mass is 28.5. The normalized spacial score (nSPS) is 12.8. The Labute approximate surface area is 496 Å². The summed E-state index contributed by atoms with van der Waals surface area (Å²) in [5.74, 6) is 0. The molecule has 0 radical (unpaired) electrons. The van der Waals surface area contributed by atoms with E-state index >= 15 is 0 Å². The van der Waals surface area contributed by atoms with Crippen LogP contribution in [-0.2, 0) is 16.5 Å². The van der Waals surface area contributed by atoms with Gasteiger partial charge in [-0.05, 0) is 247 Å². The topological polar surface area (TPSA) is 239 Å². The van der Waals surface area contributed by atoms with E-state index in [1.54, 1.807) is 18.3 Å². The van der Waals surface area contributed by atoms with Gasteiger partial charge in [0.05, 0.1) is 0 Å². The molecule has 0 bridgehead atoms. The van der Waals surface area contributed by atoms with E-state index in [4.69, 9.17) is 54.8 Å². The average molecular weight is 1360 g/mol. The number of allylic oxidation sites excluding steroid dienone is 1. The number of hydrogen-bond donors (Lipinski definition) is 10. The molecule has 1 aromatic carbocycles. The van der Waals surface area contributed by atoms with Gasteiger partial charge < -0.3 is 64.4 Å². The minimum Gasteiger partial charge on any atom is -0.442 e. The van der Waals surface area contributed by atoms with Crippen LogP contribution >= 0.6 is 0 Å². The summed E-state index contributed by atoms with van der Waals surface area (Å²) in [6.07, 6.45) is 1.77. The molecule has 1 atom stereocenters. The van der Waals surface area contributed by atoms with Crippen LogP contribution in [0, 0.1) is 0 Å². The molecule has 0 aliphatic heterocycles. The minimum atomic E-state index is -2.85. The molecule has 0 aliphatic rings. The third kappa shape index (κ3) is 234. The Morgan fingerprint density at radius 1 is 0.403 bits per heavy atom. The molecule has 0 saturated carbocycles. The summed E-state index contributed by atoms with van der Waals surface area (Å²) in [5.41, 5.74) is 1.63. The second-order valence-electron chi connectivity index (χ2n) is 29.4. The van der Waals surface area contributed by atoms with Crippen LogP contribution in [-0.4, -0.2) is 175 Å². The molecule has 77 heavy (non-hydrogen) atoms. The van der Waals surface area contributed by atoms with Crippen LogP contribution in [0.5, 0.6) is 0 Å². The fourth-order valence-electron chi connectivity index (χ4n) is 3.27. The number of benzene rings is 1. The molecule has 0 amide bonds. The highest BCUT2D eigenvalue weighted by molar-refractivity contribution is 6.85. The molecule has 0 aliphatic carbocycles. The maximum Gasteiger partial charge on any atom is 0.473 e. The summed E-state index contributed by atoms with van der Waals surface area (Å²) in [6.45, 7) is 79.3. The van der Waals surface area contributed by atoms with E-state index in [0.717, 1.165) is 11.2 Å². The lowest BCUT2D eigenvalue weighted by molar-refractivity contribution is 0.255. The smallest absolute Gasteiger partial charge is 0.442 e. The maximum atomic E-state index is 9.95. The van der Waals surface area contributed by atoms with Crippen LogP contribution in [0.2, 0.25) is 248 Å². The minimum absolute atomic E-state index is 0.799. The van der Waals surface area contributed by atoms with Crippen molar-refractivity contribution in [1.82, 2.24) is 0 Å². The molecule has 0 heterocycles. The van der Waals surface area contributed by atoms with Gasteiger partial charge in [0, 0.05) is 6.55 Å². The van der Waals surface area contributed by atoms with Crippen LogP contribution in [0.1, 0.15) is 0 Å². The van der Waals surface area contributed by atoms with Crippen molar-refractivity contribution < 1.29 is 64.4 Å². The van der Waals surface area contributed by atoms with Crippen LogP contribution in [0.25, 0.3) is 0 Å². The molecule has 0 aromatic heterocycles. The molecule has 0 spiro atoms. The van der Waals surface area contributed by atoms with Crippen molar-refractivity contribution in [1.29, 1.82) is 0 Å². The predicted molar refractivity (Wildman–Crippen MR) is 384 cm³/mol. The van der Waals surface area contributed by atoms with Crippen molar-refractivity contribution in [2.45, 2.75) is 248 Å². The first kappa shape index (κ1) is 100. The van der Waals surface area contributed by atoms with E-state index in [2.05, 4.69) is 91.7 Å². The third-order valence-corrected chi connectivity index (χ3v) is 24.4. The summed E-state index contributed by atoms with van der Waals surface area (Å²) in [4.78, 5) is 89.5. The zero-order chi connectivity index (χ0) is 65.7. The first-order valence-corrected chi connectivity index (χ1v) is 73.9. The largest absolute Gasteiger partial charge is 0.473 e. The summed E-state index contributed by atoms with van der Waals surface area (Å²) >= 11 is 0. The van der Waals surface area contributed by atoms with Gasteiger partial charge >= 0.3 is 8.80 Å². The fourth-order valence-corrected chi connectivity index (χ4v) is 22.4. The van der Waals surface area contributed by atoms with Gasteiger partial charge in [0.2, 0.25) is 16.6 Å². The van der Waals surface area contributed by atoms with Gasteiger partial charge in [0.15, 0.2) is 92.2 Å². The van der Waals surface area contributed by atoms with Crippen LogP contribution < -0.4 is 5.19 Å². The number of hydrogen-bond acceptors (Lipinski definition) is 14. The van der Waals surface area contributed by atoms with Gasteiger partial charge in [-0.3, -0.25) is 0 Å². The molecule has 10 N–H and O–H groups in total. The van der Waals surface area contributed by atoms with E-state index in [-0.39, 0.29) is 0 Å². The first-order chi connectivity index (χ1) is 32.5. The van der Waals surface area contributed by atoms with E-state index < -0.39 is 127 Å². The fraction of sp³-hybridized carbons (Fsp3) is 0.792. The molecular formula is C48H136O14Si15. The highest BCUT2D eigenvalue weighted by Gasteiger charge is 2.39. The van der Waals surface area contributed by atoms with E-state index in [9.17, 15) is 9.59 Å². The molecule has 0 saturated heterocycles. The second-order valence-corrected chi connectivity index (χ2v) is 88.3. The lowest BCUT2D eigenvalue weighted by atomic mass is 10.4. The summed E-state index contributed by atoms with van der Waals surface area (Å²) in [6, 6.07) is 10.6. The Morgan fingerprint density at radius 3 is 0.727 bits per heavy atom. The van der Waals surface area contributed by atoms with Gasteiger partial charge in [0.25, 0.3) is 9.28 Å². The Kier molecular flexibility index (Phi) is 58.4. The molecule has 29 heteroatoms. The lowest BCUT2D eigenvalue weighted by Crippen LogP contribution is -2.52. The monoisotopic (exact) mass is 1360 g/mol. The van der Waals surface area contributed by atoms with Gasteiger partial charge in [-0.2, -0.15) is 0 Å². The Hall–Kier alpha value is 1.39. The zero-order valence-corrected chi connectivity index (χ0v) is 72.7. The Balaban J connectivity index is -0.0000000819. The van der Waals surface area contributed by atoms with Crippen LogP contribution in [0.4, 0.5) is 0 Å². The van der Waals surface area contributed by atoms with Crippen molar-refractivity contribution in [2.24, 2.45) is 0 Å². The van der Waals surface area contributed by atoms with E-state index in [0.29, 0.717) is 0 Å². The molecule has 1 unspecified atom stereocenters. The quantitative estimate of drug-likeness (QED) is 0.0692.